The number of rotatable bonds is 6. The Morgan fingerprint density at radius 2 is 1.96 bits per heavy atom. The normalized spacial score (nSPS) is 16.2. The average Bonchev–Trinajstić information content (AvgIpc) is 3.04. The quantitative estimate of drug-likeness (QED) is 0.850. The average molecular weight is 352 g/mol. The van der Waals surface area contributed by atoms with Crippen LogP contribution in [0.4, 0.5) is 0 Å². The lowest BCUT2D eigenvalue weighted by atomic mass is 9.93. The molecule has 0 spiro atoms. The summed E-state index contributed by atoms with van der Waals surface area (Å²) in [5, 5.41) is 4.40. The molecule has 3 nitrogen and oxygen atoms in total. The molecule has 1 aliphatic heterocycles. The van der Waals surface area contributed by atoms with Crippen molar-refractivity contribution in [1.82, 2.24) is 15.2 Å². The van der Waals surface area contributed by atoms with Crippen LogP contribution >= 0.6 is 23.7 Å². The number of likely N-dealkylation sites (tertiary alicyclic amines) is 1. The zero-order chi connectivity index (χ0) is 15.2. The highest BCUT2D eigenvalue weighted by atomic mass is 35.5. The van der Waals surface area contributed by atoms with Gasteiger partial charge in [-0.05, 0) is 51.9 Å². The molecule has 2 aromatic rings. The number of piperidine rings is 1. The first-order valence-corrected chi connectivity index (χ1v) is 9.04. The molecule has 0 radical (unpaired) electrons. The number of thiazole rings is 1. The third-order valence-corrected chi connectivity index (χ3v) is 5.49. The van der Waals surface area contributed by atoms with E-state index in [-0.39, 0.29) is 12.4 Å². The minimum atomic E-state index is 0. The molecule has 3 rings (SSSR count). The first-order chi connectivity index (χ1) is 10.8. The van der Waals surface area contributed by atoms with Crippen molar-refractivity contribution in [2.75, 3.05) is 26.7 Å². The van der Waals surface area contributed by atoms with Crippen LogP contribution in [0.1, 0.15) is 24.1 Å². The van der Waals surface area contributed by atoms with E-state index in [1.165, 1.54) is 42.8 Å². The van der Waals surface area contributed by atoms with Crippen LogP contribution in [0, 0.1) is 5.92 Å². The van der Waals surface area contributed by atoms with Crippen molar-refractivity contribution in [2.45, 2.75) is 25.8 Å². The largest absolute Gasteiger partial charge is 0.320 e. The second-order valence-electron chi connectivity index (χ2n) is 6.11. The molecule has 2 heterocycles. The van der Waals surface area contributed by atoms with Crippen molar-refractivity contribution in [3.63, 3.8) is 0 Å². The Bertz CT molecular complexity index is 565. The number of nitrogens with zero attached hydrogens (tertiary/aromatic N) is 2. The summed E-state index contributed by atoms with van der Waals surface area (Å²) in [4.78, 5) is 8.55. The topological polar surface area (TPSA) is 28.2 Å². The van der Waals surface area contributed by atoms with Crippen LogP contribution in [-0.2, 0) is 6.54 Å². The number of halogens is 1. The van der Waals surface area contributed by atoms with Crippen molar-refractivity contribution in [3.8, 4) is 10.6 Å². The van der Waals surface area contributed by atoms with Crippen molar-refractivity contribution >= 4 is 23.7 Å². The van der Waals surface area contributed by atoms with Crippen LogP contribution in [0.3, 0.4) is 0 Å². The number of benzene rings is 1. The maximum atomic E-state index is 4.59. The van der Waals surface area contributed by atoms with Gasteiger partial charge < -0.3 is 5.32 Å². The van der Waals surface area contributed by atoms with Crippen molar-refractivity contribution in [3.05, 3.63) is 41.4 Å². The zero-order valence-electron chi connectivity index (χ0n) is 13.7. The second-order valence-corrected chi connectivity index (χ2v) is 7.22. The maximum Gasteiger partial charge on any atom is 0.123 e. The predicted octanol–water partition coefficient (Wildman–Crippen LogP) is 4.05. The van der Waals surface area contributed by atoms with Crippen molar-refractivity contribution < 1.29 is 0 Å². The lowest BCUT2D eigenvalue weighted by Gasteiger charge is -2.31. The van der Waals surface area contributed by atoms with Gasteiger partial charge in [0.05, 0.1) is 0 Å². The third kappa shape index (κ3) is 5.28. The molecule has 0 aliphatic carbocycles. The van der Waals surface area contributed by atoms with Crippen molar-refractivity contribution in [2.24, 2.45) is 5.92 Å². The summed E-state index contributed by atoms with van der Waals surface area (Å²) in [6, 6.07) is 10.5. The lowest BCUT2D eigenvalue weighted by Crippen LogP contribution is -2.33. The van der Waals surface area contributed by atoms with E-state index >= 15 is 0 Å². The van der Waals surface area contributed by atoms with Gasteiger partial charge in [-0.3, -0.25) is 4.90 Å². The molecular formula is C18H26ClN3S. The smallest absolute Gasteiger partial charge is 0.123 e. The van der Waals surface area contributed by atoms with Gasteiger partial charge in [-0.1, -0.05) is 30.3 Å². The highest BCUT2D eigenvalue weighted by molar-refractivity contribution is 7.15. The van der Waals surface area contributed by atoms with E-state index in [0.29, 0.717) is 0 Å². The van der Waals surface area contributed by atoms with Gasteiger partial charge in [0.25, 0.3) is 0 Å². The first kappa shape index (κ1) is 18.4. The molecule has 1 aromatic carbocycles. The van der Waals surface area contributed by atoms with Gasteiger partial charge in [0.15, 0.2) is 0 Å². The van der Waals surface area contributed by atoms with Crippen LogP contribution in [0.2, 0.25) is 0 Å². The standard InChI is InChI=1S/C18H25N3S.ClH/c1-19-10-7-15-8-11-21(12-9-15)14-17-13-20-18(22-17)16-5-3-2-4-6-16;/h2-6,13,15,19H,7-12,14H2,1H3;1H. The molecule has 5 heteroatoms. The summed E-state index contributed by atoms with van der Waals surface area (Å²) in [5.41, 5.74) is 1.23. The minimum absolute atomic E-state index is 0. The van der Waals surface area contributed by atoms with E-state index in [9.17, 15) is 0 Å². The Morgan fingerprint density at radius 3 is 2.65 bits per heavy atom. The fraction of sp³-hybridized carbons (Fsp3) is 0.500. The van der Waals surface area contributed by atoms with E-state index < -0.39 is 0 Å². The number of nitrogens with one attached hydrogen (secondary N) is 1. The Balaban J connectivity index is 0.00000192. The van der Waals surface area contributed by atoms with E-state index in [4.69, 9.17) is 0 Å². The molecule has 126 valence electrons. The summed E-state index contributed by atoms with van der Waals surface area (Å²) < 4.78 is 0. The molecule has 0 saturated carbocycles. The monoisotopic (exact) mass is 351 g/mol. The molecule has 1 N–H and O–H groups in total. The molecule has 0 unspecified atom stereocenters. The van der Waals surface area contributed by atoms with Crippen LogP contribution in [0.5, 0.6) is 0 Å². The van der Waals surface area contributed by atoms with E-state index in [1.54, 1.807) is 0 Å². The summed E-state index contributed by atoms with van der Waals surface area (Å²) in [6.07, 6.45) is 6.06. The second kappa shape index (κ2) is 9.38. The zero-order valence-corrected chi connectivity index (χ0v) is 15.3. The maximum absolute atomic E-state index is 4.59. The van der Waals surface area contributed by atoms with Gasteiger partial charge in [0, 0.05) is 23.2 Å². The number of hydrogen-bond donors (Lipinski definition) is 1. The predicted molar refractivity (Wildman–Crippen MR) is 101 cm³/mol. The SMILES string of the molecule is CNCCC1CCN(Cc2cnc(-c3ccccc3)s2)CC1.Cl. The van der Waals surface area contributed by atoms with Gasteiger partial charge in [-0.2, -0.15) is 0 Å². The molecule has 0 bridgehead atoms. The highest BCUT2D eigenvalue weighted by Crippen LogP contribution is 2.27. The van der Waals surface area contributed by atoms with Crippen LogP contribution in [-0.4, -0.2) is 36.6 Å². The Kier molecular flexibility index (Phi) is 7.50. The lowest BCUT2D eigenvalue weighted by molar-refractivity contribution is 0.173. The summed E-state index contributed by atoms with van der Waals surface area (Å²) >= 11 is 1.83. The molecule has 1 aromatic heterocycles. The molecule has 1 aliphatic rings. The Morgan fingerprint density at radius 1 is 1.22 bits per heavy atom. The van der Waals surface area contributed by atoms with Crippen molar-refractivity contribution in [1.29, 1.82) is 0 Å². The van der Waals surface area contributed by atoms with E-state index in [2.05, 4.69) is 51.7 Å². The Hall–Kier alpha value is -0.940. The minimum Gasteiger partial charge on any atom is -0.320 e. The van der Waals surface area contributed by atoms with Gasteiger partial charge in [-0.25, -0.2) is 4.98 Å². The van der Waals surface area contributed by atoms with E-state index in [1.807, 2.05) is 18.4 Å². The molecular weight excluding hydrogens is 326 g/mol. The summed E-state index contributed by atoms with van der Waals surface area (Å²) in [7, 11) is 2.04. The Labute approximate surface area is 149 Å². The van der Waals surface area contributed by atoms with Gasteiger partial charge in [0.1, 0.15) is 5.01 Å². The highest BCUT2D eigenvalue weighted by Gasteiger charge is 2.19. The van der Waals surface area contributed by atoms with Gasteiger partial charge in [-0.15, -0.1) is 23.7 Å². The first-order valence-electron chi connectivity index (χ1n) is 8.22. The van der Waals surface area contributed by atoms with Crippen LogP contribution < -0.4 is 5.32 Å². The van der Waals surface area contributed by atoms with Crippen LogP contribution in [0.15, 0.2) is 36.5 Å². The van der Waals surface area contributed by atoms with E-state index in [0.717, 1.165) is 24.0 Å². The summed E-state index contributed by atoms with van der Waals surface area (Å²) in [5.74, 6) is 0.907. The fourth-order valence-corrected chi connectivity index (χ4v) is 4.06. The molecule has 1 saturated heterocycles. The molecule has 23 heavy (non-hydrogen) atoms. The van der Waals surface area contributed by atoms with Gasteiger partial charge in [0.2, 0.25) is 0 Å². The fourth-order valence-electron chi connectivity index (χ4n) is 3.10. The number of hydrogen-bond acceptors (Lipinski definition) is 4. The van der Waals surface area contributed by atoms with Crippen LogP contribution in [0.25, 0.3) is 10.6 Å². The number of aromatic nitrogens is 1. The molecule has 1 fully saturated rings. The third-order valence-electron chi connectivity index (χ3n) is 4.46. The molecule has 0 amide bonds. The van der Waals surface area contributed by atoms with Gasteiger partial charge >= 0.3 is 0 Å². The molecule has 0 atom stereocenters. The summed E-state index contributed by atoms with van der Waals surface area (Å²) in [6.45, 7) is 4.67.